The third kappa shape index (κ3) is 6.30. The minimum Gasteiger partial charge on any atom is -0.411 e. The molecule has 0 bridgehead atoms. The molecule has 0 spiro atoms. The quantitative estimate of drug-likeness (QED) is 0.375. The van der Waals surface area contributed by atoms with Gasteiger partial charge in [0.25, 0.3) is 5.22 Å². The summed E-state index contributed by atoms with van der Waals surface area (Å²) in [5.41, 5.74) is 0.584. The summed E-state index contributed by atoms with van der Waals surface area (Å²) in [7, 11) is -3.53. The summed E-state index contributed by atoms with van der Waals surface area (Å²) in [6, 6.07) is 6.60. The molecule has 1 aromatic carbocycles. The molecule has 1 aromatic heterocycles. The molecule has 2 aromatic rings. The molecule has 0 aliphatic rings. The van der Waals surface area contributed by atoms with E-state index in [0.717, 1.165) is 18.8 Å². The van der Waals surface area contributed by atoms with E-state index in [0.29, 0.717) is 42.3 Å². The first kappa shape index (κ1) is 22.9. The van der Waals surface area contributed by atoms with Gasteiger partial charge in [-0.1, -0.05) is 45.5 Å². The third-order valence-electron chi connectivity index (χ3n) is 4.12. The Balaban J connectivity index is 2.00. The van der Waals surface area contributed by atoms with Gasteiger partial charge in [0.05, 0.1) is 11.5 Å². The number of thioether (sulfide) groups is 1. The Morgan fingerprint density at radius 3 is 2.61 bits per heavy atom. The highest BCUT2D eigenvalue weighted by Gasteiger charge is 2.22. The molecule has 156 valence electrons. The number of rotatable bonds is 12. The number of hydrogen-bond acceptors (Lipinski definition) is 7. The fourth-order valence-corrected chi connectivity index (χ4v) is 4.61. The van der Waals surface area contributed by atoms with Crippen molar-refractivity contribution in [2.75, 3.05) is 32.1 Å². The molecule has 0 radical (unpaired) electrons. The SMILES string of the molecule is CCN(CC)S(=O)(=O)c1cccc(-c2nnc(SCCOCCC(C)C)o2)c1. The predicted octanol–water partition coefficient (Wildman–Crippen LogP) is 3.92. The van der Waals surface area contributed by atoms with Gasteiger partial charge in [-0.2, -0.15) is 4.31 Å². The Kier molecular flexibility index (Phi) is 8.94. The van der Waals surface area contributed by atoms with E-state index in [1.807, 2.05) is 13.8 Å². The van der Waals surface area contributed by atoms with Gasteiger partial charge in [0.1, 0.15) is 0 Å². The highest BCUT2D eigenvalue weighted by molar-refractivity contribution is 7.99. The number of nitrogens with zero attached hydrogens (tertiary/aromatic N) is 3. The van der Waals surface area contributed by atoms with Gasteiger partial charge in [-0.15, -0.1) is 10.2 Å². The van der Waals surface area contributed by atoms with Gasteiger partial charge in [-0.25, -0.2) is 8.42 Å². The molecule has 9 heteroatoms. The first-order valence-electron chi connectivity index (χ1n) is 9.53. The Morgan fingerprint density at radius 2 is 1.93 bits per heavy atom. The monoisotopic (exact) mass is 427 g/mol. The lowest BCUT2D eigenvalue weighted by Gasteiger charge is -2.18. The lowest BCUT2D eigenvalue weighted by Crippen LogP contribution is -2.30. The van der Waals surface area contributed by atoms with Crippen LogP contribution in [0.1, 0.15) is 34.1 Å². The van der Waals surface area contributed by atoms with Crippen LogP contribution in [0.25, 0.3) is 11.5 Å². The number of benzene rings is 1. The minimum atomic E-state index is -3.53. The van der Waals surface area contributed by atoms with Crippen LogP contribution in [0.4, 0.5) is 0 Å². The maximum Gasteiger partial charge on any atom is 0.276 e. The van der Waals surface area contributed by atoms with Gasteiger partial charge in [-0.05, 0) is 30.5 Å². The molecule has 0 aliphatic carbocycles. The van der Waals surface area contributed by atoms with Crippen LogP contribution >= 0.6 is 11.8 Å². The average molecular weight is 428 g/mol. The molecule has 0 amide bonds. The Morgan fingerprint density at radius 1 is 1.18 bits per heavy atom. The van der Waals surface area contributed by atoms with Gasteiger partial charge in [-0.3, -0.25) is 0 Å². The van der Waals surface area contributed by atoms with Crippen molar-refractivity contribution >= 4 is 21.8 Å². The molecule has 2 rings (SSSR count). The molecule has 0 unspecified atom stereocenters. The lowest BCUT2D eigenvalue weighted by molar-refractivity contribution is 0.138. The van der Waals surface area contributed by atoms with E-state index in [-0.39, 0.29) is 4.90 Å². The number of hydrogen-bond donors (Lipinski definition) is 0. The van der Waals surface area contributed by atoms with Crippen molar-refractivity contribution in [3.8, 4) is 11.5 Å². The first-order chi connectivity index (χ1) is 13.4. The number of sulfonamides is 1. The standard InChI is InChI=1S/C19H29N3O4S2/c1-5-22(6-2)28(23,24)17-9-7-8-16(14-17)18-20-21-19(26-18)27-13-12-25-11-10-15(3)4/h7-9,14-15H,5-6,10-13H2,1-4H3. The maximum atomic E-state index is 12.7. The second kappa shape index (κ2) is 10.9. The van der Waals surface area contributed by atoms with Crippen LogP contribution in [0.5, 0.6) is 0 Å². The molecule has 1 heterocycles. The van der Waals surface area contributed by atoms with Crippen LogP contribution in [0, 0.1) is 5.92 Å². The zero-order chi connectivity index (χ0) is 20.6. The highest BCUT2D eigenvalue weighted by atomic mass is 32.2. The fourth-order valence-electron chi connectivity index (χ4n) is 2.50. The zero-order valence-corrected chi connectivity index (χ0v) is 18.6. The van der Waals surface area contributed by atoms with Crippen LogP contribution in [0.15, 0.2) is 38.8 Å². The fraction of sp³-hybridized carbons (Fsp3) is 0.579. The molecular formula is C19H29N3O4S2. The van der Waals surface area contributed by atoms with Crippen molar-refractivity contribution in [2.45, 2.75) is 44.2 Å². The van der Waals surface area contributed by atoms with E-state index < -0.39 is 10.0 Å². The second-order valence-electron chi connectivity index (χ2n) is 6.63. The van der Waals surface area contributed by atoms with Crippen molar-refractivity contribution in [2.24, 2.45) is 5.92 Å². The van der Waals surface area contributed by atoms with Crippen LogP contribution in [-0.4, -0.2) is 55.0 Å². The van der Waals surface area contributed by atoms with Crippen molar-refractivity contribution in [3.05, 3.63) is 24.3 Å². The van der Waals surface area contributed by atoms with Crippen LogP contribution in [-0.2, 0) is 14.8 Å². The summed E-state index contributed by atoms with van der Waals surface area (Å²) >= 11 is 1.42. The third-order valence-corrected chi connectivity index (χ3v) is 6.95. The molecule has 0 fully saturated rings. The number of ether oxygens (including phenoxy) is 1. The first-order valence-corrected chi connectivity index (χ1v) is 12.0. The number of aromatic nitrogens is 2. The summed E-state index contributed by atoms with van der Waals surface area (Å²) < 4.78 is 38.0. The van der Waals surface area contributed by atoms with E-state index in [4.69, 9.17) is 9.15 Å². The van der Waals surface area contributed by atoms with Crippen LogP contribution in [0.3, 0.4) is 0 Å². The Bertz CT molecular complexity index is 833. The van der Waals surface area contributed by atoms with E-state index in [2.05, 4.69) is 24.0 Å². The predicted molar refractivity (Wildman–Crippen MR) is 111 cm³/mol. The largest absolute Gasteiger partial charge is 0.411 e. The average Bonchev–Trinajstić information content (AvgIpc) is 3.14. The molecule has 0 N–H and O–H groups in total. The summed E-state index contributed by atoms with van der Waals surface area (Å²) in [6.07, 6.45) is 1.04. The molecule has 0 atom stereocenters. The summed E-state index contributed by atoms with van der Waals surface area (Å²) in [6.45, 7) is 10.2. The van der Waals surface area contributed by atoms with Gasteiger partial charge >= 0.3 is 0 Å². The molecule has 0 saturated heterocycles. The maximum absolute atomic E-state index is 12.7. The normalized spacial score (nSPS) is 12.2. The topological polar surface area (TPSA) is 85.5 Å². The van der Waals surface area contributed by atoms with E-state index in [9.17, 15) is 8.42 Å². The summed E-state index contributed by atoms with van der Waals surface area (Å²) in [4.78, 5) is 0.222. The van der Waals surface area contributed by atoms with E-state index in [1.165, 1.54) is 16.1 Å². The van der Waals surface area contributed by atoms with Gasteiger partial charge in [0.2, 0.25) is 15.9 Å². The highest BCUT2D eigenvalue weighted by Crippen LogP contribution is 2.26. The van der Waals surface area contributed by atoms with E-state index >= 15 is 0 Å². The Labute approximate surface area is 171 Å². The van der Waals surface area contributed by atoms with E-state index in [1.54, 1.807) is 24.3 Å². The lowest BCUT2D eigenvalue weighted by atomic mass is 10.1. The van der Waals surface area contributed by atoms with Gasteiger partial charge < -0.3 is 9.15 Å². The van der Waals surface area contributed by atoms with Crippen molar-refractivity contribution < 1.29 is 17.6 Å². The Hall–Kier alpha value is -1.42. The summed E-state index contributed by atoms with van der Waals surface area (Å²) in [5.74, 6) is 1.66. The molecule has 0 saturated carbocycles. The van der Waals surface area contributed by atoms with Crippen molar-refractivity contribution in [1.29, 1.82) is 0 Å². The molecule has 28 heavy (non-hydrogen) atoms. The molecule has 0 aliphatic heterocycles. The van der Waals surface area contributed by atoms with Crippen LogP contribution < -0.4 is 0 Å². The minimum absolute atomic E-state index is 0.222. The van der Waals surface area contributed by atoms with Crippen molar-refractivity contribution in [1.82, 2.24) is 14.5 Å². The second-order valence-corrected chi connectivity index (χ2v) is 9.62. The molecular weight excluding hydrogens is 398 g/mol. The van der Waals surface area contributed by atoms with Gasteiger partial charge in [0, 0.05) is 31.0 Å². The molecule has 7 nitrogen and oxygen atoms in total. The zero-order valence-electron chi connectivity index (χ0n) is 16.9. The van der Waals surface area contributed by atoms with Crippen LogP contribution in [0.2, 0.25) is 0 Å². The van der Waals surface area contributed by atoms with Gasteiger partial charge in [0.15, 0.2) is 0 Å². The smallest absolute Gasteiger partial charge is 0.276 e. The van der Waals surface area contributed by atoms with Crippen molar-refractivity contribution in [3.63, 3.8) is 0 Å². The summed E-state index contributed by atoms with van der Waals surface area (Å²) in [5, 5.41) is 8.52.